The molecule has 0 spiro atoms. The van der Waals surface area contributed by atoms with E-state index in [1.807, 2.05) is 0 Å². The molecule has 0 saturated heterocycles. The minimum Gasteiger partial charge on any atom is -0.297 e. The molecule has 2 heterocycles. The first-order valence-corrected chi connectivity index (χ1v) is 7.37. The number of alkyl halides is 4. The van der Waals surface area contributed by atoms with Crippen LogP contribution in [-0.4, -0.2) is 28.3 Å². The number of aryl methyl sites for hydroxylation is 2. The number of nitrogens with zero attached hydrogens (tertiary/aromatic N) is 2. The molecule has 0 amide bonds. The summed E-state index contributed by atoms with van der Waals surface area (Å²) in [4.78, 5) is 35.7. The van der Waals surface area contributed by atoms with Gasteiger partial charge in [-0.1, -0.05) is 0 Å². The van der Waals surface area contributed by atoms with Gasteiger partial charge < -0.3 is 0 Å². The largest absolute Gasteiger partial charge is 0.406 e. The molecule has 10 heteroatoms. The van der Waals surface area contributed by atoms with E-state index in [0.29, 0.717) is 6.29 Å². The van der Waals surface area contributed by atoms with Crippen molar-refractivity contribution < 1.29 is 22.4 Å². The van der Waals surface area contributed by atoms with Crippen LogP contribution in [0.15, 0.2) is 9.59 Å². The van der Waals surface area contributed by atoms with E-state index in [4.69, 9.17) is 0 Å². The van der Waals surface area contributed by atoms with Crippen molar-refractivity contribution in [2.24, 2.45) is 0 Å². The highest BCUT2D eigenvalue weighted by molar-refractivity contribution is 7.20. The highest BCUT2D eigenvalue weighted by Gasteiger charge is 2.31. The summed E-state index contributed by atoms with van der Waals surface area (Å²) in [5, 5.41) is -0.111. The summed E-state index contributed by atoms with van der Waals surface area (Å²) in [6, 6.07) is 0. The Labute approximate surface area is 130 Å². The van der Waals surface area contributed by atoms with Crippen LogP contribution in [0.5, 0.6) is 0 Å². The molecule has 0 aliphatic rings. The van der Waals surface area contributed by atoms with E-state index in [0.717, 1.165) is 15.9 Å². The maximum atomic E-state index is 12.6. The maximum Gasteiger partial charge on any atom is 0.406 e. The third-order valence-corrected chi connectivity index (χ3v) is 4.53. The molecule has 5 nitrogen and oxygen atoms in total. The third kappa shape index (κ3) is 3.21. The predicted octanol–water partition coefficient (Wildman–Crippen LogP) is 2.27. The van der Waals surface area contributed by atoms with E-state index < -0.39 is 30.6 Å². The molecule has 0 aromatic carbocycles. The molecule has 0 radical (unpaired) electrons. The third-order valence-electron chi connectivity index (χ3n) is 3.29. The molecule has 0 unspecified atom stereocenters. The Morgan fingerprint density at radius 2 is 1.87 bits per heavy atom. The summed E-state index contributed by atoms with van der Waals surface area (Å²) in [6.07, 6.45) is -4.38. The minimum atomic E-state index is -4.76. The zero-order valence-electron chi connectivity index (χ0n) is 11.9. The van der Waals surface area contributed by atoms with E-state index >= 15 is 0 Å². The number of carbonyl (C=O) groups excluding carboxylic acids is 1. The lowest BCUT2D eigenvalue weighted by atomic mass is 10.2. The summed E-state index contributed by atoms with van der Waals surface area (Å²) in [5.41, 5.74) is -2.04. The Morgan fingerprint density at radius 3 is 2.39 bits per heavy atom. The number of hydrogen-bond donors (Lipinski definition) is 0. The van der Waals surface area contributed by atoms with Gasteiger partial charge in [-0.15, -0.1) is 11.3 Å². The molecule has 0 fully saturated rings. The van der Waals surface area contributed by atoms with Crippen LogP contribution in [0.1, 0.15) is 21.7 Å². The van der Waals surface area contributed by atoms with Crippen molar-refractivity contribution in [2.75, 3.05) is 6.67 Å². The van der Waals surface area contributed by atoms with Crippen molar-refractivity contribution >= 4 is 27.8 Å². The summed E-state index contributed by atoms with van der Waals surface area (Å²) < 4.78 is 51.3. The highest BCUT2D eigenvalue weighted by atomic mass is 32.1. The van der Waals surface area contributed by atoms with Crippen LogP contribution in [0, 0.1) is 6.92 Å². The Kier molecular flexibility index (Phi) is 4.73. The number of aldehydes is 1. The zero-order chi connectivity index (χ0) is 17.4. The summed E-state index contributed by atoms with van der Waals surface area (Å²) in [5.74, 6) is 0. The Morgan fingerprint density at radius 1 is 1.22 bits per heavy atom. The second-order valence-electron chi connectivity index (χ2n) is 4.87. The van der Waals surface area contributed by atoms with Gasteiger partial charge in [0, 0.05) is 6.54 Å². The maximum absolute atomic E-state index is 12.6. The SMILES string of the molecule is Cc1c(C=O)sc2c1c(=O)n(CC(F)(F)F)c(=O)n2CCCF. The fourth-order valence-electron chi connectivity index (χ4n) is 2.26. The molecule has 2 rings (SSSR count). The summed E-state index contributed by atoms with van der Waals surface area (Å²) in [6.45, 7) is -1.26. The van der Waals surface area contributed by atoms with Crippen molar-refractivity contribution in [3.05, 3.63) is 31.3 Å². The van der Waals surface area contributed by atoms with E-state index in [-0.39, 0.29) is 38.2 Å². The van der Waals surface area contributed by atoms with Gasteiger partial charge in [0.05, 0.1) is 16.9 Å². The average Bonchev–Trinajstić information content (AvgIpc) is 2.79. The second kappa shape index (κ2) is 6.26. The molecular formula is C13H12F4N2O3S. The number of fused-ring (bicyclic) bond motifs is 1. The van der Waals surface area contributed by atoms with Crippen LogP contribution >= 0.6 is 11.3 Å². The molecule has 2 aromatic heterocycles. The molecular weight excluding hydrogens is 340 g/mol. The molecule has 0 atom stereocenters. The lowest BCUT2D eigenvalue weighted by molar-refractivity contribution is -0.141. The Bertz CT molecular complexity index is 863. The highest BCUT2D eigenvalue weighted by Crippen LogP contribution is 2.27. The number of aromatic nitrogens is 2. The van der Waals surface area contributed by atoms with Gasteiger partial charge in [0.1, 0.15) is 11.4 Å². The molecule has 23 heavy (non-hydrogen) atoms. The Hall–Kier alpha value is -1.97. The predicted molar refractivity (Wildman–Crippen MR) is 77.1 cm³/mol. The number of halogens is 4. The van der Waals surface area contributed by atoms with Crippen LogP contribution < -0.4 is 11.2 Å². The molecule has 126 valence electrons. The topological polar surface area (TPSA) is 61.1 Å². The first kappa shape index (κ1) is 17.4. The van der Waals surface area contributed by atoms with Crippen molar-refractivity contribution in [1.82, 2.24) is 9.13 Å². The smallest absolute Gasteiger partial charge is 0.297 e. The normalized spacial score (nSPS) is 12.0. The second-order valence-corrected chi connectivity index (χ2v) is 5.90. The number of hydrogen-bond acceptors (Lipinski definition) is 4. The average molecular weight is 352 g/mol. The quantitative estimate of drug-likeness (QED) is 0.613. The van der Waals surface area contributed by atoms with Crippen LogP contribution in [0.25, 0.3) is 10.2 Å². The summed E-state index contributed by atoms with van der Waals surface area (Å²) >= 11 is 0.834. The summed E-state index contributed by atoms with van der Waals surface area (Å²) in [7, 11) is 0. The first-order valence-electron chi connectivity index (χ1n) is 6.56. The van der Waals surface area contributed by atoms with Gasteiger partial charge in [-0.25, -0.2) is 4.79 Å². The van der Waals surface area contributed by atoms with Gasteiger partial charge in [-0.05, 0) is 18.9 Å². The van der Waals surface area contributed by atoms with E-state index in [1.165, 1.54) is 6.92 Å². The van der Waals surface area contributed by atoms with Crippen LogP contribution in [0.2, 0.25) is 0 Å². The molecule has 0 saturated carbocycles. The standard InChI is InChI=1S/C13H12F4N2O3S/c1-7-8(5-20)23-11-9(7)10(21)19(6-13(15,16)17)12(22)18(11)4-2-3-14/h5H,2-4,6H2,1H3. The fraction of sp³-hybridized carbons (Fsp3) is 0.462. The van der Waals surface area contributed by atoms with Crippen LogP contribution in [0.4, 0.5) is 17.6 Å². The zero-order valence-corrected chi connectivity index (χ0v) is 12.8. The van der Waals surface area contributed by atoms with E-state index in [1.54, 1.807) is 0 Å². The van der Waals surface area contributed by atoms with Gasteiger partial charge in [-0.3, -0.25) is 23.1 Å². The molecule has 2 aromatic rings. The molecule has 0 N–H and O–H groups in total. The van der Waals surface area contributed by atoms with Crippen molar-refractivity contribution in [1.29, 1.82) is 0 Å². The lowest BCUT2D eigenvalue weighted by Crippen LogP contribution is -2.43. The van der Waals surface area contributed by atoms with Crippen molar-refractivity contribution in [2.45, 2.75) is 32.6 Å². The number of thiophene rings is 1. The van der Waals surface area contributed by atoms with Gasteiger partial charge in [-0.2, -0.15) is 13.2 Å². The van der Waals surface area contributed by atoms with Crippen molar-refractivity contribution in [3.63, 3.8) is 0 Å². The molecule has 0 aliphatic carbocycles. The number of carbonyl (C=O) groups is 1. The molecule has 0 bridgehead atoms. The van der Waals surface area contributed by atoms with Crippen LogP contribution in [-0.2, 0) is 13.1 Å². The van der Waals surface area contributed by atoms with Crippen molar-refractivity contribution in [3.8, 4) is 0 Å². The first-order chi connectivity index (χ1) is 10.7. The van der Waals surface area contributed by atoms with E-state index in [2.05, 4.69) is 0 Å². The Balaban J connectivity index is 2.87. The number of rotatable bonds is 5. The lowest BCUT2D eigenvalue weighted by Gasteiger charge is -2.13. The van der Waals surface area contributed by atoms with Gasteiger partial charge >= 0.3 is 11.9 Å². The molecule has 0 aliphatic heterocycles. The van der Waals surface area contributed by atoms with Crippen LogP contribution in [0.3, 0.4) is 0 Å². The van der Waals surface area contributed by atoms with Gasteiger partial charge in [0.15, 0.2) is 6.29 Å². The minimum absolute atomic E-state index is 0.0782. The monoisotopic (exact) mass is 352 g/mol. The fourth-order valence-corrected chi connectivity index (χ4v) is 3.39. The van der Waals surface area contributed by atoms with E-state index in [9.17, 15) is 31.9 Å². The van der Waals surface area contributed by atoms with Gasteiger partial charge in [0.2, 0.25) is 0 Å². The van der Waals surface area contributed by atoms with Gasteiger partial charge in [0.25, 0.3) is 5.56 Å².